The highest BCUT2D eigenvalue weighted by Crippen LogP contribution is 2.23. The average Bonchev–Trinajstić information content (AvgIpc) is 2.95. The van der Waals surface area contributed by atoms with Crippen molar-refractivity contribution in [2.75, 3.05) is 13.2 Å². The van der Waals surface area contributed by atoms with Crippen LogP contribution in [0.5, 0.6) is 0 Å². The van der Waals surface area contributed by atoms with E-state index in [1.807, 2.05) is 13.8 Å². The van der Waals surface area contributed by atoms with Crippen LogP contribution in [0.25, 0.3) is 11.3 Å². The largest absolute Gasteiger partial charge is 0.379 e. The van der Waals surface area contributed by atoms with Gasteiger partial charge in [0.1, 0.15) is 5.82 Å². The van der Waals surface area contributed by atoms with E-state index in [0.717, 1.165) is 6.42 Å². The first-order valence-corrected chi connectivity index (χ1v) is 7.65. The highest BCUT2D eigenvalue weighted by atomic mass is 19.1. The van der Waals surface area contributed by atoms with Crippen LogP contribution in [-0.2, 0) is 16.0 Å². The third kappa shape index (κ3) is 5.49. The Morgan fingerprint density at radius 1 is 1.39 bits per heavy atom. The summed E-state index contributed by atoms with van der Waals surface area (Å²) >= 11 is 0. The van der Waals surface area contributed by atoms with Crippen molar-refractivity contribution >= 4 is 5.91 Å². The second-order valence-corrected chi connectivity index (χ2v) is 5.46. The van der Waals surface area contributed by atoms with Crippen LogP contribution in [0, 0.1) is 5.82 Å². The molecule has 0 bridgehead atoms. The number of aromatic nitrogens is 1. The maximum absolute atomic E-state index is 13.7. The van der Waals surface area contributed by atoms with E-state index >= 15 is 0 Å². The summed E-state index contributed by atoms with van der Waals surface area (Å²) in [6, 6.07) is 7.86. The molecule has 6 heteroatoms. The first kappa shape index (κ1) is 17.1. The summed E-state index contributed by atoms with van der Waals surface area (Å²) < 4.78 is 24.2. The first-order chi connectivity index (χ1) is 11.1. The van der Waals surface area contributed by atoms with Crippen molar-refractivity contribution in [1.29, 1.82) is 0 Å². The Hall–Kier alpha value is -2.21. The van der Waals surface area contributed by atoms with Gasteiger partial charge in [-0.25, -0.2) is 4.39 Å². The van der Waals surface area contributed by atoms with Crippen LogP contribution in [0.1, 0.15) is 26.0 Å². The molecule has 0 unspecified atom stereocenters. The third-order valence-corrected chi connectivity index (χ3v) is 3.13. The second kappa shape index (κ2) is 8.43. The van der Waals surface area contributed by atoms with Crippen molar-refractivity contribution in [3.63, 3.8) is 0 Å². The molecule has 124 valence electrons. The summed E-state index contributed by atoms with van der Waals surface area (Å²) in [5.74, 6) is -0.219. The summed E-state index contributed by atoms with van der Waals surface area (Å²) in [6.07, 6.45) is 1.05. The molecule has 2 aromatic rings. The van der Waals surface area contributed by atoms with E-state index in [4.69, 9.17) is 9.26 Å². The van der Waals surface area contributed by atoms with Gasteiger partial charge in [0.05, 0.1) is 23.8 Å². The second-order valence-electron chi connectivity index (χ2n) is 5.46. The van der Waals surface area contributed by atoms with E-state index in [1.165, 1.54) is 6.07 Å². The summed E-state index contributed by atoms with van der Waals surface area (Å²) in [5, 5.41) is 6.60. The lowest BCUT2D eigenvalue weighted by atomic mass is 10.1. The highest BCUT2D eigenvalue weighted by molar-refractivity contribution is 5.78. The van der Waals surface area contributed by atoms with E-state index in [2.05, 4.69) is 10.5 Å². The molecule has 0 saturated carbocycles. The molecular formula is C17H21FN2O3. The minimum atomic E-state index is -0.384. The third-order valence-electron chi connectivity index (χ3n) is 3.13. The fourth-order valence-electron chi connectivity index (χ4n) is 2.03. The lowest BCUT2D eigenvalue weighted by Gasteiger charge is -2.07. The van der Waals surface area contributed by atoms with Crippen LogP contribution in [0.2, 0.25) is 0 Å². The zero-order valence-corrected chi connectivity index (χ0v) is 13.3. The number of benzene rings is 1. The van der Waals surface area contributed by atoms with Gasteiger partial charge in [0.2, 0.25) is 5.91 Å². The SMILES string of the molecule is CC(C)OCCCNC(=O)Cc1cc(-c2ccccc2F)on1. The highest BCUT2D eigenvalue weighted by Gasteiger charge is 2.13. The number of hydrogen-bond acceptors (Lipinski definition) is 4. The normalized spacial score (nSPS) is 11.0. The van der Waals surface area contributed by atoms with Gasteiger partial charge in [-0.05, 0) is 32.4 Å². The molecular weight excluding hydrogens is 299 g/mol. The molecule has 1 N–H and O–H groups in total. The average molecular weight is 320 g/mol. The smallest absolute Gasteiger partial charge is 0.226 e. The van der Waals surface area contributed by atoms with Gasteiger partial charge >= 0.3 is 0 Å². The van der Waals surface area contributed by atoms with Gasteiger partial charge < -0.3 is 14.6 Å². The molecule has 1 aromatic carbocycles. The van der Waals surface area contributed by atoms with Crippen LogP contribution in [0.15, 0.2) is 34.9 Å². The van der Waals surface area contributed by atoms with Gasteiger partial charge in [0.25, 0.3) is 0 Å². The zero-order valence-electron chi connectivity index (χ0n) is 13.3. The van der Waals surface area contributed by atoms with Crippen LogP contribution in [-0.4, -0.2) is 30.3 Å². The number of nitrogens with one attached hydrogen (secondary N) is 1. The molecule has 0 saturated heterocycles. The number of halogens is 1. The van der Waals surface area contributed by atoms with Crippen LogP contribution >= 0.6 is 0 Å². The summed E-state index contributed by atoms with van der Waals surface area (Å²) in [7, 11) is 0. The molecule has 2 rings (SSSR count). The van der Waals surface area contributed by atoms with Crippen LogP contribution < -0.4 is 5.32 Å². The number of carbonyl (C=O) groups is 1. The fourth-order valence-corrected chi connectivity index (χ4v) is 2.03. The fraction of sp³-hybridized carbons (Fsp3) is 0.412. The van der Waals surface area contributed by atoms with E-state index in [-0.39, 0.29) is 24.2 Å². The topological polar surface area (TPSA) is 64.4 Å². The molecule has 1 heterocycles. The molecule has 0 spiro atoms. The number of rotatable bonds is 8. The van der Waals surface area contributed by atoms with Gasteiger partial charge in [-0.2, -0.15) is 0 Å². The van der Waals surface area contributed by atoms with Gasteiger partial charge in [-0.3, -0.25) is 4.79 Å². The van der Waals surface area contributed by atoms with E-state index in [1.54, 1.807) is 24.3 Å². The van der Waals surface area contributed by atoms with Gasteiger partial charge in [-0.15, -0.1) is 0 Å². The molecule has 0 aliphatic carbocycles. The summed E-state index contributed by atoms with van der Waals surface area (Å²) in [4.78, 5) is 11.8. The molecule has 0 atom stereocenters. The van der Waals surface area contributed by atoms with E-state index in [0.29, 0.717) is 30.2 Å². The minimum Gasteiger partial charge on any atom is -0.379 e. The monoisotopic (exact) mass is 320 g/mol. The first-order valence-electron chi connectivity index (χ1n) is 7.65. The Morgan fingerprint density at radius 2 is 2.17 bits per heavy atom. The molecule has 0 radical (unpaired) electrons. The lowest BCUT2D eigenvalue weighted by Crippen LogP contribution is -2.27. The van der Waals surface area contributed by atoms with E-state index in [9.17, 15) is 9.18 Å². The number of ether oxygens (including phenoxy) is 1. The maximum Gasteiger partial charge on any atom is 0.226 e. The van der Waals surface area contributed by atoms with Crippen molar-refractivity contribution in [2.24, 2.45) is 0 Å². The Morgan fingerprint density at radius 3 is 2.91 bits per heavy atom. The number of hydrogen-bond donors (Lipinski definition) is 1. The number of nitrogens with zero attached hydrogens (tertiary/aromatic N) is 1. The van der Waals surface area contributed by atoms with Crippen molar-refractivity contribution in [2.45, 2.75) is 32.8 Å². The van der Waals surface area contributed by atoms with Gasteiger partial charge in [0, 0.05) is 19.2 Å². The van der Waals surface area contributed by atoms with Crippen LogP contribution in [0.4, 0.5) is 4.39 Å². The predicted octanol–water partition coefficient (Wildman–Crippen LogP) is 2.95. The standard InChI is InChI=1S/C17H21FN2O3/c1-12(2)22-9-5-8-19-17(21)11-13-10-16(23-20-13)14-6-3-4-7-15(14)18/h3-4,6-7,10,12H,5,8-9,11H2,1-2H3,(H,19,21). The molecule has 1 aromatic heterocycles. The molecule has 0 aliphatic rings. The quantitative estimate of drug-likeness (QED) is 0.760. The molecule has 5 nitrogen and oxygen atoms in total. The summed E-state index contributed by atoms with van der Waals surface area (Å²) in [5.41, 5.74) is 0.802. The number of carbonyl (C=O) groups excluding carboxylic acids is 1. The molecule has 0 fully saturated rings. The minimum absolute atomic E-state index is 0.100. The van der Waals surface area contributed by atoms with Crippen molar-refractivity contribution in [3.8, 4) is 11.3 Å². The molecule has 0 aliphatic heterocycles. The molecule has 23 heavy (non-hydrogen) atoms. The lowest BCUT2D eigenvalue weighted by molar-refractivity contribution is -0.120. The van der Waals surface area contributed by atoms with Gasteiger partial charge in [0.15, 0.2) is 5.76 Å². The molecule has 1 amide bonds. The predicted molar refractivity (Wildman–Crippen MR) is 84.3 cm³/mol. The Balaban J connectivity index is 1.80. The van der Waals surface area contributed by atoms with E-state index < -0.39 is 0 Å². The number of amides is 1. The van der Waals surface area contributed by atoms with Crippen LogP contribution in [0.3, 0.4) is 0 Å². The summed E-state index contributed by atoms with van der Waals surface area (Å²) in [6.45, 7) is 5.09. The Kier molecular flexibility index (Phi) is 6.29. The Labute approximate surface area is 134 Å². The Bertz CT molecular complexity index is 640. The maximum atomic E-state index is 13.7. The zero-order chi connectivity index (χ0) is 16.7. The van der Waals surface area contributed by atoms with Crippen molar-refractivity contribution in [3.05, 3.63) is 41.8 Å². The van der Waals surface area contributed by atoms with Crippen molar-refractivity contribution < 1.29 is 18.4 Å². The van der Waals surface area contributed by atoms with Gasteiger partial charge in [-0.1, -0.05) is 17.3 Å². The van der Waals surface area contributed by atoms with Crippen molar-refractivity contribution in [1.82, 2.24) is 10.5 Å².